The topological polar surface area (TPSA) is 67.9 Å². The van der Waals surface area contributed by atoms with E-state index >= 15 is 0 Å². The minimum absolute atomic E-state index is 0. The molecule has 2 saturated heterocycles. The fourth-order valence-electron chi connectivity index (χ4n) is 4.13. The van der Waals surface area contributed by atoms with Gasteiger partial charge >= 0.3 is 0 Å². The van der Waals surface area contributed by atoms with Gasteiger partial charge in [0.25, 0.3) is 0 Å². The molecule has 28 heavy (non-hydrogen) atoms. The van der Waals surface area contributed by atoms with Crippen molar-refractivity contribution < 1.29 is 9.59 Å². The molecule has 2 N–H and O–H groups in total. The summed E-state index contributed by atoms with van der Waals surface area (Å²) in [4.78, 5) is 31.2. The molecule has 0 aromatic rings. The number of hydrogen-bond acceptors (Lipinski definition) is 5. The van der Waals surface area contributed by atoms with Crippen LogP contribution in [0.15, 0.2) is 0 Å². The predicted molar refractivity (Wildman–Crippen MR) is 116 cm³/mol. The van der Waals surface area contributed by atoms with E-state index in [2.05, 4.69) is 48.4 Å². The monoisotopic (exact) mass is 417 g/mol. The molecule has 0 aliphatic carbocycles. The molecular weight excluding hydrogens is 378 g/mol. The van der Waals surface area contributed by atoms with Crippen molar-refractivity contribution in [1.29, 1.82) is 0 Å². The standard InChI is InChI=1S/C20H39N5O2.ClH/c1-20(2,16-23(3)4)15-22-19(27)17-5-10-24(11-6-17)12-7-18(26)25-13-8-21-9-14-25;/h17,21H,5-16H2,1-4H3,(H,22,27);1H. The summed E-state index contributed by atoms with van der Waals surface area (Å²) >= 11 is 0. The molecule has 2 aliphatic heterocycles. The Labute approximate surface area is 177 Å². The zero-order chi connectivity index (χ0) is 19.9. The predicted octanol–water partition coefficient (Wildman–Crippen LogP) is 0.646. The zero-order valence-corrected chi connectivity index (χ0v) is 18.9. The maximum absolute atomic E-state index is 12.5. The molecule has 0 saturated carbocycles. The summed E-state index contributed by atoms with van der Waals surface area (Å²) in [7, 11) is 4.12. The van der Waals surface area contributed by atoms with Crippen LogP contribution in [0.5, 0.6) is 0 Å². The molecule has 2 amide bonds. The highest BCUT2D eigenvalue weighted by atomic mass is 35.5. The molecule has 0 atom stereocenters. The first-order valence-corrected chi connectivity index (χ1v) is 10.4. The molecule has 8 heteroatoms. The number of nitrogens with zero attached hydrogens (tertiary/aromatic N) is 3. The van der Waals surface area contributed by atoms with E-state index < -0.39 is 0 Å². The van der Waals surface area contributed by atoms with E-state index in [0.717, 1.165) is 65.2 Å². The Kier molecular flexibility index (Phi) is 10.7. The molecule has 2 aliphatic rings. The van der Waals surface area contributed by atoms with Gasteiger partial charge in [0.1, 0.15) is 0 Å². The lowest BCUT2D eigenvalue weighted by Gasteiger charge is -2.33. The van der Waals surface area contributed by atoms with Gasteiger partial charge in [-0.25, -0.2) is 0 Å². The Balaban J connectivity index is 0.00000392. The molecule has 0 aromatic heterocycles. The number of carbonyl (C=O) groups excluding carboxylic acids is 2. The molecule has 164 valence electrons. The minimum atomic E-state index is 0. The molecule has 0 radical (unpaired) electrons. The zero-order valence-electron chi connectivity index (χ0n) is 18.1. The average Bonchev–Trinajstić information content (AvgIpc) is 2.64. The molecule has 0 bridgehead atoms. The Hall–Kier alpha value is -0.890. The lowest BCUT2D eigenvalue weighted by atomic mass is 9.91. The summed E-state index contributed by atoms with van der Waals surface area (Å²) in [6.45, 7) is 12.1. The first-order valence-electron chi connectivity index (χ1n) is 10.4. The Morgan fingerprint density at radius 1 is 1.11 bits per heavy atom. The Morgan fingerprint density at radius 3 is 2.29 bits per heavy atom. The van der Waals surface area contributed by atoms with Gasteiger partial charge in [-0.2, -0.15) is 0 Å². The number of nitrogens with one attached hydrogen (secondary N) is 2. The van der Waals surface area contributed by atoms with Crippen LogP contribution < -0.4 is 10.6 Å². The van der Waals surface area contributed by atoms with Crippen molar-refractivity contribution in [2.75, 3.05) is 73.0 Å². The van der Waals surface area contributed by atoms with E-state index in [4.69, 9.17) is 0 Å². The third-order valence-electron chi connectivity index (χ3n) is 5.56. The van der Waals surface area contributed by atoms with Crippen LogP contribution >= 0.6 is 12.4 Å². The number of rotatable bonds is 8. The van der Waals surface area contributed by atoms with Gasteiger partial charge < -0.3 is 25.3 Å². The van der Waals surface area contributed by atoms with Crippen LogP contribution in [-0.2, 0) is 9.59 Å². The second kappa shape index (κ2) is 12.0. The molecule has 0 spiro atoms. The number of hydrogen-bond donors (Lipinski definition) is 2. The molecule has 7 nitrogen and oxygen atoms in total. The van der Waals surface area contributed by atoms with Crippen molar-refractivity contribution in [3.63, 3.8) is 0 Å². The van der Waals surface area contributed by atoms with Gasteiger partial charge in [0.2, 0.25) is 11.8 Å². The summed E-state index contributed by atoms with van der Waals surface area (Å²) in [5, 5.41) is 6.43. The van der Waals surface area contributed by atoms with E-state index in [1.54, 1.807) is 0 Å². The van der Waals surface area contributed by atoms with E-state index in [1.807, 2.05) is 4.90 Å². The number of halogens is 1. The van der Waals surface area contributed by atoms with Gasteiger partial charge in [0.05, 0.1) is 0 Å². The summed E-state index contributed by atoms with van der Waals surface area (Å²) in [5.74, 6) is 0.568. The summed E-state index contributed by atoms with van der Waals surface area (Å²) in [6.07, 6.45) is 2.37. The van der Waals surface area contributed by atoms with Gasteiger partial charge in [0, 0.05) is 58.2 Å². The summed E-state index contributed by atoms with van der Waals surface area (Å²) in [5.41, 5.74) is 0.0736. The normalized spacial score (nSPS) is 19.4. The summed E-state index contributed by atoms with van der Waals surface area (Å²) in [6, 6.07) is 0. The Morgan fingerprint density at radius 2 is 1.71 bits per heavy atom. The van der Waals surface area contributed by atoms with Crippen LogP contribution in [0.4, 0.5) is 0 Å². The fourth-order valence-corrected chi connectivity index (χ4v) is 4.13. The van der Waals surface area contributed by atoms with Crippen LogP contribution in [0.3, 0.4) is 0 Å². The number of piperidine rings is 1. The lowest BCUT2D eigenvalue weighted by molar-refractivity contribution is -0.132. The second-order valence-electron chi connectivity index (χ2n) is 9.12. The SMILES string of the molecule is CN(C)CC(C)(C)CNC(=O)C1CCN(CCC(=O)N2CCNCC2)CC1.Cl. The van der Waals surface area contributed by atoms with Crippen molar-refractivity contribution in [3.8, 4) is 0 Å². The van der Waals surface area contributed by atoms with Crippen molar-refractivity contribution in [2.24, 2.45) is 11.3 Å². The molecule has 2 rings (SSSR count). The number of piperazine rings is 1. The van der Waals surface area contributed by atoms with Gasteiger partial charge in [-0.15, -0.1) is 12.4 Å². The first kappa shape index (κ1) is 25.1. The smallest absolute Gasteiger partial charge is 0.223 e. The van der Waals surface area contributed by atoms with Gasteiger partial charge in [-0.1, -0.05) is 13.8 Å². The van der Waals surface area contributed by atoms with E-state index in [-0.39, 0.29) is 35.6 Å². The van der Waals surface area contributed by atoms with Crippen molar-refractivity contribution in [1.82, 2.24) is 25.3 Å². The van der Waals surface area contributed by atoms with Gasteiger partial charge in [-0.3, -0.25) is 9.59 Å². The van der Waals surface area contributed by atoms with Crippen LogP contribution in [0, 0.1) is 11.3 Å². The van der Waals surface area contributed by atoms with E-state index in [9.17, 15) is 9.59 Å². The van der Waals surface area contributed by atoms with E-state index in [1.165, 1.54) is 0 Å². The van der Waals surface area contributed by atoms with Crippen LogP contribution in [0.25, 0.3) is 0 Å². The maximum Gasteiger partial charge on any atom is 0.223 e. The highest BCUT2D eigenvalue weighted by Gasteiger charge is 2.27. The van der Waals surface area contributed by atoms with Crippen LogP contribution in [0.2, 0.25) is 0 Å². The minimum Gasteiger partial charge on any atom is -0.355 e. The Bertz CT molecular complexity index is 487. The van der Waals surface area contributed by atoms with E-state index in [0.29, 0.717) is 13.0 Å². The highest BCUT2D eigenvalue weighted by molar-refractivity contribution is 5.85. The molecule has 0 aromatic carbocycles. The van der Waals surface area contributed by atoms with Crippen molar-refractivity contribution in [2.45, 2.75) is 33.1 Å². The van der Waals surface area contributed by atoms with Crippen LogP contribution in [0.1, 0.15) is 33.1 Å². The maximum atomic E-state index is 12.5. The largest absolute Gasteiger partial charge is 0.355 e. The quantitative estimate of drug-likeness (QED) is 0.606. The molecule has 2 heterocycles. The first-order chi connectivity index (χ1) is 12.8. The lowest BCUT2D eigenvalue weighted by Crippen LogP contribution is -2.48. The van der Waals surface area contributed by atoms with Crippen LogP contribution in [-0.4, -0.2) is 99.5 Å². The van der Waals surface area contributed by atoms with Crippen molar-refractivity contribution in [3.05, 3.63) is 0 Å². The summed E-state index contributed by atoms with van der Waals surface area (Å²) < 4.78 is 0. The fraction of sp³-hybridized carbons (Fsp3) is 0.900. The number of likely N-dealkylation sites (tertiary alicyclic amines) is 1. The molecule has 0 unspecified atom stereocenters. The number of carbonyl (C=O) groups is 2. The average molecular weight is 418 g/mol. The van der Waals surface area contributed by atoms with Gasteiger partial charge in [-0.05, 0) is 45.4 Å². The second-order valence-corrected chi connectivity index (χ2v) is 9.12. The van der Waals surface area contributed by atoms with Gasteiger partial charge in [0.15, 0.2) is 0 Å². The molecular formula is C20H40ClN5O2. The van der Waals surface area contributed by atoms with Crippen molar-refractivity contribution >= 4 is 24.2 Å². The third-order valence-corrected chi connectivity index (χ3v) is 5.56. The third kappa shape index (κ3) is 8.64. The molecule has 2 fully saturated rings. The number of amides is 2. The highest BCUT2D eigenvalue weighted by Crippen LogP contribution is 2.19.